The summed E-state index contributed by atoms with van der Waals surface area (Å²) in [6, 6.07) is 15.5. The van der Waals surface area contributed by atoms with Gasteiger partial charge in [0.25, 0.3) is 0 Å². The Balaban J connectivity index is 1.47. The lowest BCUT2D eigenvalue weighted by molar-refractivity contribution is -0.129. The second-order valence-electron chi connectivity index (χ2n) is 7.39. The topological polar surface area (TPSA) is 68.5 Å². The molecule has 0 saturated carbocycles. The van der Waals surface area contributed by atoms with E-state index in [-0.39, 0.29) is 11.9 Å². The van der Waals surface area contributed by atoms with Gasteiger partial charge >= 0.3 is 0 Å². The molecule has 1 fully saturated rings. The van der Waals surface area contributed by atoms with E-state index in [1.165, 1.54) is 0 Å². The van der Waals surface area contributed by atoms with Gasteiger partial charge in [0, 0.05) is 23.0 Å². The summed E-state index contributed by atoms with van der Waals surface area (Å²) >= 11 is 3.44. The van der Waals surface area contributed by atoms with Crippen LogP contribution in [-0.4, -0.2) is 27.6 Å². The van der Waals surface area contributed by atoms with E-state index >= 15 is 0 Å². The molecule has 1 atom stereocenters. The smallest absolute Gasteiger partial charge is 0.249 e. The average molecular weight is 470 g/mol. The summed E-state index contributed by atoms with van der Waals surface area (Å²) in [5.41, 5.74) is 1.92. The van der Waals surface area contributed by atoms with Crippen LogP contribution in [0.1, 0.15) is 50.1 Å². The van der Waals surface area contributed by atoms with Crippen LogP contribution >= 0.6 is 15.9 Å². The summed E-state index contributed by atoms with van der Waals surface area (Å²) in [6.07, 6.45) is 3.31. The van der Waals surface area contributed by atoms with Crippen molar-refractivity contribution < 1.29 is 14.1 Å². The highest BCUT2D eigenvalue weighted by Gasteiger charge is 2.36. The molecule has 3 aromatic rings. The Morgan fingerprint density at radius 2 is 1.93 bits per heavy atom. The summed E-state index contributed by atoms with van der Waals surface area (Å²) < 4.78 is 12.3. The van der Waals surface area contributed by atoms with E-state index in [0.717, 1.165) is 34.2 Å². The van der Waals surface area contributed by atoms with Crippen LogP contribution in [0, 0.1) is 0 Å². The quantitative estimate of drug-likeness (QED) is 0.405. The number of rotatable bonds is 8. The van der Waals surface area contributed by atoms with E-state index in [1.54, 1.807) is 0 Å². The molecule has 1 aromatic heterocycles. The zero-order chi connectivity index (χ0) is 20.9. The van der Waals surface area contributed by atoms with Gasteiger partial charge in [-0.15, -0.1) is 0 Å². The molecule has 4 rings (SSSR count). The molecule has 156 valence electrons. The first-order valence-corrected chi connectivity index (χ1v) is 11.0. The first-order valence-electron chi connectivity index (χ1n) is 10.2. The molecule has 1 aliphatic rings. The fourth-order valence-electron chi connectivity index (χ4n) is 3.50. The minimum Gasteiger partial charge on any atom is -0.494 e. The van der Waals surface area contributed by atoms with E-state index in [4.69, 9.17) is 9.26 Å². The van der Waals surface area contributed by atoms with Crippen LogP contribution in [0.4, 0.5) is 0 Å². The van der Waals surface area contributed by atoms with Crippen LogP contribution in [0.15, 0.2) is 57.5 Å². The zero-order valence-corrected chi connectivity index (χ0v) is 18.5. The second kappa shape index (κ2) is 9.43. The molecular formula is C23H24BrN3O3. The van der Waals surface area contributed by atoms with Gasteiger partial charge in [-0.3, -0.25) is 4.79 Å². The lowest BCUT2D eigenvalue weighted by Gasteiger charge is -2.22. The number of halogens is 1. The maximum atomic E-state index is 12.5. The Kier molecular flexibility index (Phi) is 6.47. The third kappa shape index (κ3) is 4.73. The van der Waals surface area contributed by atoms with Crippen LogP contribution < -0.4 is 4.74 Å². The third-order valence-corrected chi connectivity index (χ3v) is 5.73. The van der Waals surface area contributed by atoms with Gasteiger partial charge in [-0.2, -0.15) is 4.98 Å². The predicted molar refractivity (Wildman–Crippen MR) is 117 cm³/mol. The fourth-order valence-corrected chi connectivity index (χ4v) is 3.76. The van der Waals surface area contributed by atoms with E-state index in [0.29, 0.717) is 37.7 Å². The number of ether oxygens (including phenoxy) is 1. The highest BCUT2D eigenvalue weighted by atomic mass is 79.9. The molecule has 0 aliphatic carbocycles. The van der Waals surface area contributed by atoms with Crippen molar-refractivity contribution in [1.82, 2.24) is 15.0 Å². The zero-order valence-electron chi connectivity index (χ0n) is 16.9. The van der Waals surface area contributed by atoms with Crippen LogP contribution in [0.3, 0.4) is 0 Å². The van der Waals surface area contributed by atoms with Crippen molar-refractivity contribution in [1.29, 1.82) is 0 Å². The van der Waals surface area contributed by atoms with Crippen molar-refractivity contribution in [3.05, 3.63) is 64.5 Å². The lowest BCUT2D eigenvalue weighted by Crippen LogP contribution is -2.27. The van der Waals surface area contributed by atoms with Crippen LogP contribution in [0.2, 0.25) is 0 Å². The molecule has 2 heterocycles. The number of nitrogens with zero attached hydrogens (tertiary/aromatic N) is 3. The van der Waals surface area contributed by atoms with Crippen molar-refractivity contribution in [3.63, 3.8) is 0 Å². The molecule has 1 unspecified atom stereocenters. The Hall–Kier alpha value is -2.67. The molecule has 0 spiro atoms. The van der Waals surface area contributed by atoms with Crippen LogP contribution in [0.25, 0.3) is 11.4 Å². The first kappa shape index (κ1) is 20.6. The maximum absolute atomic E-state index is 12.5. The average Bonchev–Trinajstić information content (AvgIpc) is 3.38. The molecular weight excluding hydrogens is 446 g/mol. The molecule has 6 nitrogen and oxygen atoms in total. The normalized spacial score (nSPS) is 16.3. The van der Waals surface area contributed by atoms with Crippen LogP contribution in [-0.2, 0) is 11.3 Å². The predicted octanol–water partition coefficient (Wildman–Crippen LogP) is 5.54. The number of carbonyl (C=O) groups excluding carboxylic acids is 1. The van der Waals surface area contributed by atoms with Crippen molar-refractivity contribution in [2.75, 3.05) is 6.61 Å². The molecule has 30 heavy (non-hydrogen) atoms. The minimum atomic E-state index is -0.195. The van der Waals surface area contributed by atoms with E-state index in [9.17, 15) is 4.79 Å². The number of carbonyl (C=O) groups is 1. The molecule has 1 saturated heterocycles. The van der Waals surface area contributed by atoms with E-state index in [1.807, 2.05) is 53.4 Å². The van der Waals surface area contributed by atoms with Gasteiger partial charge in [0.15, 0.2) is 0 Å². The van der Waals surface area contributed by atoms with E-state index < -0.39 is 0 Å². The maximum Gasteiger partial charge on any atom is 0.249 e. The number of likely N-dealkylation sites (tertiary alicyclic amines) is 1. The Morgan fingerprint density at radius 1 is 1.17 bits per heavy atom. The van der Waals surface area contributed by atoms with Gasteiger partial charge in [0.1, 0.15) is 11.8 Å². The fraction of sp³-hybridized carbons (Fsp3) is 0.348. The monoisotopic (exact) mass is 469 g/mol. The van der Waals surface area contributed by atoms with Gasteiger partial charge in [-0.25, -0.2) is 0 Å². The highest BCUT2D eigenvalue weighted by molar-refractivity contribution is 9.10. The van der Waals surface area contributed by atoms with Gasteiger partial charge in [-0.1, -0.05) is 46.6 Å². The number of hydrogen-bond acceptors (Lipinski definition) is 5. The van der Waals surface area contributed by atoms with Crippen LogP contribution in [0.5, 0.6) is 5.75 Å². The first-order chi connectivity index (χ1) is 14.6. The number of benzene rings is 2. The SMILES string of the molecule is CCCCOc1ccc(-c2noc(C3CCC(=O)N3Cc3ccc(Br)cc3)n2)cc1. The Bertz CT molecular complexity index is 986. The summed E-state index contributed by atoms with van der Waals surface area (Å²) in [7, 11) is 0. The molecule has 1 amide bonds. The number of hydrogen-bond donors (Lipinski definition) is 0. The van der Waals surface area contributed by atoms with Gasteiger partial charge < -0.3 is 14.2 Å². The molecule has 0 radical (unpaired) electrons. The van der Waals surface area contributed by atoms with Crippen molar-refractivity contribution in [2.24, 2.45) is 0 Å². The Labute approximate surface area is 184 Å². The van der Waals surface area contributed by atoms with Gasteiger partial charge in [0.2, 0.25) is 17.6 Å². The number of amides is 1. The highest BCUT2D eigenvalue weighted by Crippen LogP contribution is 2.34. The van der Waals surface area contributed by atoms with Crippen molar-refractivity contribution in [3.8, 4) is 17.1 Å². The standard InChI is InChI=1S/C23H24BrN3O3/c1-2-3-14-29-19-10-6-17(7-11-19)22-25-23(30-26-22)20-12-13-21(28)27(20)15-16-4-8-18(24)9-5-16/h4-11,20H,2-3,12-15H2,1H3. The summed E-state index contributed by atoms with van der Waals surface area (Å²) in [6.45, 7) is 3.38. The van der Waals surface area contributed by atoms with Gasteiger partial charge in [-0.05, 0) is 54.8 Å². The van der Waals surface area contributed by atoms with Crippen molar-refractivity contribution >= 4 is 21.8 Å². The molecule has 2 aromatic carbocycles. The Morgan fingerprint density at radius 3 is 2.67 bits per heavy atom. The number of aromatic nitrogens is 2. The van der Waals surface area contributed by atoms with Crippen molar-refractivity contribution in [2.45, 2.75) is 45.2 Å². The summed E-state index contributed by atoms with van der Waals surface area (Å²) in [5, 5.41) is 4.14. The van der Waals surface area contributed by atoms with Gasteiger partial charge in [0.05, 0.1) is 6.61 Å². The number of unbranched alkanes of at least 4 members (excludes halogenated alkanes) is 1. The lowest BCUT2D eigenvalue weighted by atomic mass is 10.1. The molecule has 0 N–H and O–H groups in total. The van der Waals surface area contributed by atoms with E-state index in [2.05, 4.69) is 33.0 Å². The molecule has 0 bridgehead atoms. The summed E-state index contributed by atoms with van der Waals surface area (Å²) in [5.74, 6) is 1.94. The third-order valence-electron chi connectivity index (χ3n) is 5.20. The molecule has 7 heteroatoms. The summed E-state index contributed by atoms with van der Waals surface area (Å²) in [4.78, 5) is 18.9. The second-order valence-corrected chi connectivity index (χ2v) is 8.30. The minimum absolute atomic E-state index is 0.108. The largest absolute Gasteiger partial charge is 0.494 e. The molecule has 1 aliphatic heterocycles.